The van der Waals surface area contributed by atoms with Crippen LogP contribution in [0.4, 0.5) is 0 Å². The van der Waals surface area contributed by atoms with Crippen molar-refractivity contribution in [2.75, 3.05) is 0 Å². The fourth-order valence-electron chi connectivity index (χ4n) is 4.61. The van der Waals surface area contributed by atoms with Crippen molar-refractivity contribution in [1.82, 2.24) is 0 Å². The lowest BCUT2D eigenvalue weighted by Crippen LogP contribution is -2.15. The minimum atomic E-state index is -3.63. The summed E-state index contributed by atoms with van der Waals surface area (Å²) in [5, 5.41) is 10.0. The molecule has 5 aromatic rings. The van der Waals surface area contributed by atoms with Crippen molar-refractivity contribution in [3.8, 4) is 17.2 Å². The monoisotopic (exact) mass is 782 g/mol. The highest BCUT2D eigenvalue weighted by atomic mass is 35.9. The van der Waals surface area contributed by atoms with E-state index in [2.05, 4.69) is 62.3 Å². The lowest BCUT2D eigenvalue weighted by molar-refractivity contribution is 0.399. The van der Waals surface area contributed by atoms with Crippen LogP contribution in [0.15, 0.2) is 133 Å². The molecular weight excluding hydrogens is 729 g/mol. The van der Waals surface area contributed by atoms with Gasteiger partial charge in [-0.25, -0.2) is 4.57 Å². The van der Waals surface area contributed by atoms with Gasteiger partial charge in [-0.05, 0) is 116 Å². The summed E-state index contributed by atoms with van der Waals surface area (Å²) in [6.07, 6.45) is 0. The molecule has 5 rings (SSSR count). The van der Waals surface area contributed by atoms with Gasteiger partial charge in [-0.2, -0.15) is 0 Å². The van der Waals surface area contributed by atoms with Gasteiger partial charge in [0.25, 0.3) is 5.85 Å². The first-order chi connectivity index (χ1) is 23.6. The van der Waals surface area contributed by atoms with Crippen LogP contribution in [0.25, 0.3) is 0 Å². The van der Waals surface area contributed by atoms with E-state index in [0.29, 0.717) is 27.9 Å². The molecule has 0 bridgehead atoms. The van der Waals surface area contributed by atoms with Gasteiger partial charge in [-0.3, -0.25) is 4.57 Å². The van der Waals surface area contributed by atoms with Crippen LogP contribution in [-0.2, 0) is 25.4 Å². The van der Waals surface area contributed by atoms with Gasteiger partial charge in [0.05, 0.1) is 5.30 Å². The fourth-order valence-corrected chi connectivity index (χ4v) is 7.39. The van der Waals surface area contributed by atoms with Gasteiger partial charge in [0.15, 0.2) is 0 Å². The first kappa shape index (κ1) is 44.7. The second-order valence-electron chi connectivity index (χ2n) is 15.2. The zero-order valence-electron chi connectivity index (χ0n) is 30.9. The van der Waals surface area contributed by atoms with E-state index in [9.17, 15) is 9.13 Å². The molecule has 0 unspecified atom stereocenters. The van der Waals surface area contributed by atoms with Gasteiger partial charge in [-0.15, -0.1) is 0 Å². The third-order valence-corrected chi connectivity index (χ3v) is 11.7. The number of rotatable bonds is 6. The first-order valence-electron chi connectivity index (χ1n) is 16.7. The highest BCUT2D eigenvalue weighted by Crippen LogP contribution is 2.55. The maximum atomic E-state index is 13.9. The predicted molar refractivity (Wildman–Crippen MR) is 224 cm³/mol. The molecule has 0 radical (unpaired) electrons. The molecule has 9 heteroatoms. The van der Waals surface area contributed by atoms with Gasteiger partial charge in [0.2, 0.25) is 0 Å². The summed E-state index contributed by atoms with van der Waals surface area (Å²) in [6.45, 7) is 19.4. The largest absolute Gasteiger partial charge is 0.508 e. The van der Waals surface area contributed by atoms with Gasteiger partial charge in [-0.1, -0.05) is 143 Å². The van der Waals surface area contributed by atoms with E-state index in [1.54, 1.807) is 48.5 Å². The number of halogens is 2. The molecule has 0 saturated heterocycles. The van der Waals surface area contributed by atoms with Crippen LogP contribution in [-0.4, -0.2) is 5.11 Å². The van der Waals surface area contributed by atoms with E-state index in [-0.39, 0.29) is 23.7 Å². The van der Waals surface area contributed by atoms with Gasteiger partial charge in [0, 0.05) is 5.30 Å². The lowest BCUT2D eigenvalue weighted by Gasteiger charge is -2.23. The number of hydrogen-bond donors (Lipinski definition) is 1. The van der Waals surface area contributed by atoms with Crippen molar-refractivity contribution in [2.24, 2.45) is 0 Å². The highest BCUT2D eigenvalue weighted by Gasteiger charge is 2.31. The van der Waals surface area contributed by atoms with Crippen LogP contribution in [0.3, 0.4) is 0 Å². The number of aromatic hydroxyl groups is 1. The topological polar surface area (TPSA) is 72.8 Å². The molecule has 0 heterocycles. The van der Waals surface area contributed by atoms with Crippen LogP contribution in [0.5, 0.6) is 17.2 Å². The first-order valence-corrected chi connectivity index (χ1v) is 21.7. The van der Waals surface area contributed by atoms with Gasteiger partial charge >= 0.3 is 7.60 Å². The van der Waals surface area contributed by atoms with E-state index < -0.39 is 13.4 Å². The molecule has 1 N–H and O–H groups in total. The van der Waals surface area contributed by atoms with E-state index in [1.165, 1.54) is 16.7 Å². The Balaban J connectivity index is 0.000000346. The summed E-state index contributed by atoms with van der Waals surface area (Å²) in [5.74, 6) is -1.71. The molecule has 0 fully saturated rings. The normalized spacial score (nSPS) is 11.8. The Kier molecular flexibility index (Phi) is 15.9. The summed E-state index contributed by atoms with van der Waals surface area (Å²) in [4.78, 5) is 0. The minimum absolute atomic E-state index is 0. The Bertz CT molecular complexity index is 1820. The average molecular weight is 784 g/mol. The number of phenols is 1. The van der Waals surface area contributed by atoms with Crippen molar-refractivity contribution in [2.45, 2.75) is 86.0 Å². The zero-order chi connectivity index (χ0) is 38.1. The van der Waals surface area contributed by atoms with E-state index in [0.717, 1.165) is 0 Å². The summed E-state index contributed by atoms with van der Waals surface area (Å²) in [6, 6.07) is 40.4. The fraction of sp³-hybridized carbons (Fsp3) is 0.302. The molecular formula is C43H54Cl2O5P2. The van der Waals surface area contributed by atoms with Crippen LogP contribution >= 0.6 is 35.9 Å². The van der Waals surface area contributed by atoms with Crippen LogP contribution in [0.1, 0.15) is 86.4 Å². The van der Waals surface area contributed by atoms with Crippen LogP contribution in [0, 0.1) is 0 Å². The molecule has 5 aromatic carbocycles. The highest BCUT2D eigenvalue weighted by molar-refractivity contribution is 8.13. The van der Waals surface area contributed by atoms with E-state index in [1.807, 2.05) is 84.9 Å². The molecule has 0 spiro atoms. The summed E-state index contributed by atoms with van der Waals surface area (Å²) < 4.78 is 36.8. The van der Waals surface area contributed by atoms with Crippen molar-refractivity contribution < 1.29 is 23.3 Å². The van der Waals surface area contributed by atoms with Crippen LogP contribution < -0.4 is 19.7 Å². The molecule has 0 aliphatic rings. The van der Waals surface area contributed by atoms with Crippen molar-refractivity contribution in [3.05, 3.63) is 150 Å². The maximum Gasteiger partial charge on any atom is 0.462 e. The van der Waals surface area contributed by atoms with Crippen LogP contribution in [0.2, 0.25) is 0 Å². The van der Waals surface area contributed by atoms with Gasteiger partial charge < -0.3 is 14.2 Å². The zero-order valence-corrected chi connectivity index (χ0v) is 34.2. The molecule has 0 aliphatic carbocycles. The third kappa shape index (κ3) is 14.2. The van der Waals surface area contributed by atoms with E-state index >= 15 is 0 Å². The van der Waals surface area contributed by atoms with Crippen molar-refractivity contribution in [3.63, 3.8) is 0 Å². The van der Waals surface area contributed by atoms with Crippen molar-refractivity contribution >= 4 is 46.5 Å². The standard InChI is InChI=1S/C26H31O3P.C10H14O.C6H5Cl2OP.CH4/c1-25(2,3)20-12-16-22(17-13-20)28-30(27,24-10-8-7-9-11-24)29-23-18-14-21(15-19-23)26(4,5)6;1-10(2,3)8-4-6-9(11)7-5-8;7-10(8,9)6-4-2-1-3-5-6;/h7-19H,1-6H3;4-7,11H,1-3H3;1-5H;1H4. The molecule has 5 nitrogen and oxygen atoms in total. The minimum Gasteiger partial charge on any atom is -0.508 e. The molecule has 0 aliphatic heterocycles. The second kappa shape index (κ2) is 18.5. The Hall–Kier alpha value is -3.46. The molecule has 0 saturated carbocycles. The third-order valence-electron chi connectivity index (χ3n) is 7.75. The molecule has 0 atom stereocenters. The summed E-state index contributed by atoms with van der Waals surface area (Å²) in [7, 11) is -3.63. The Labute approximate surface area is 321 Å². The SMILES string of the molecule is C.CC(C)(C)c1ccc(O)cc1.CC(C)(C)c1ccc(OP(=O)(Oc2ccc(C(C)(C)C)cc2)c2ccccc2)cc1.O=P(Cl)(Cl)c1ccccc1. The average Bonchev–Trinajstić information content (AvgIpc) is 3.05. The van der Waals surface area contributed by atoms with Crippen molar-refractivity contribution in [1.29, 1.82) is 0 Å². The van der Waals surface area contributed by atoms with E-state index in [4.69, 9.17) is 36.6 Å². The Morgan fingerprint density at radius 1 is 0.462 bits per heavy atom. The number of hydrogen-bond acceptors (Lipinski definition) is 5. The number of benzene rings is 5. The number of phenolic OH excluding ortho intramolecular Hbond substituents is 1. The molecule has 0 aromatic heterocycles. The Morgan fingerprint density at radius 2 is 0.750 bits per heavy atom. The maximum absolute atomic E-state index is 13.9. The lowest BCUT2D eigenvalue weighted by atomic mass is 9.87. The quantitative estimate of drug-likeness (QED) is 0.174. The summed E-state index contributed by atoms with van der Waals surface area (Å²) >= 11 is 10.8. The summed E-state index contributed by atoms with van der Waals surface area (Å²) in [5.41, 5.74) is 3.86. The molecule has 52 heavy (non-hydrogen) atoms. The molecule has 280 valence electrons. The second-order valence-corrected chi connectivity index (χ2v) is 21.9. The van der Waals surface area contributed by atoms with Gasteiger partial charge in [0.1, 0.15) is 17.2 Å². The molecule has 0 amide bonds. The smallest absolute Gasteiger partial charge is 0.462 e. The Morgan fingerprint density at radius 3 is 1.02 bits per heavy atom. The predicted octanol–water partition coefficient (Wildman–Crippen LogP) is 13.6.